The van der Waals surface area contributed by atoms with E-state index in [4.69, 9.17) is 4.52 Å². The number of aliphatic hydroxyl groups excluding tert-OH is 1. The van der Waals surface area contributed by atoms with Crippen LogP contribution >= 0.6 is 11.3 Å². The molecule has 2 saturated heterocycles. The molecule has 0 radical (unpaired) electrons. The maximum Gasteiger partial charge on any atom is 0.243 e. The van der Waals surface area contributed by atoms with Gasteiger partial charge in [-0.05, 0) is 80.8 Å². The highest BCUT2D eigenvalue weighted by atomic mass is 32.1. The highest BCUT2D eigenvalue weighted by molar-refractivity contribution is 7.13. The molecule has 5 atom stereocenters. The van der Waals surface area contributed by atoms with Crippen molar-refractivity contribution >= 4 is 40.0 Å². The van der Waals surface area contributed by atoms with Gasteiger partial charge in [0.2, 0.25) is 11.8 Å². The number of carbonyl (C=O) groups is 2. The first-order chi connectivity index (χ1) is 28.5. The van der Waals surface area contributed by atoms with Crippen LogP contribution in [0.15, 0.2) is 76.8 Å². The van der Waals surface area contributed by atoms with Crippen molar-refractivity contribution in [2.75, 3.05) is 24.5 Å². The van der Waals surface area contributed by atoms with E-state index in [1.54, 1.807) is 23.5 Å². The fourth-order valence-corrected chi connectivity index (χ4v) is 9.84. The topological polar surface area (TPSA) is 163 Å². The highest BCUT2D eigenvalue weighted by Crippen LogP contribution is 2.44. The van der Waals surface area contributed by atoms with Crippen LogP contribution in [0.1, 0.15) is 99.5 Å². The molecule has 4 aromatic heterocycles. The zero-order chi connectivity index (χ0) is 40.9. The molecule has 13 nitrogen and oxygen atoms in total. The van der Waals surface area contributed by atoms with Crippen LogP contribution in [0.25, 0.3) is 32.7 Å². The number of likely N-dealkylation sites (tertiary alicyclic amines) is 1. The van der Waals surface area contributed by atoms with Gasteiger partial charge >= 0.3 is 0 Å². The van der Waals surface area contributed by atoms with Crippen LogP contribution in [0, 0.1) is 12.8 Å². The minimum Gasteiger partial charge on any atom is -0.507 e. The van der Waals surface area contributed by atoms with Crippen LogP contribution in [0.3, 0.4) is 0 Å². The average Bonchev–Trinajstić information content (AvgIpc) is 3.53. The summed E-state index contributed by atoms with van der Waals surface area (Å²) < 4.78 is 8.42. The molecule has 0 unspecified atom stereocenters. The number of benzene rings is 2. The number of fused-ring (bicyclic) bond motifs is 1. The quantitative estimate of drug-likeness (QED) is 0.119. The van der Waals surface area contributed by atoms with Gasteiger partial charge < -0.3 is 34.4 Å². The number of aryl methyl sites for hydroxylation is 1. The first-order valence-corrected chi connectivity index (χ1v) is 21.6. The maximum atomic E-state index is 14.4. The summed E-state index contributed by atoms with van der Waals surface area (Å²) in [4.78, 5) is 37.5. The molecule has 9 rings (SSSR count). The van der Waals surface area contributed by atoms with Gasteiger partial charge in [0, 0.05) is 55.3 Å². The van der Waals surface area contributed by atoms with Gasteiger partial charge in [0.1, 0.15) is 23.2 Å². The SMILES string of the molecule is Cc1ncsc1-c1ccc([C@H](C)NC(=O)[C@@H]2C[C@@H](O)CN2C(=O)[C@@H](c2cc(N3CCC[C@@H](c4cc5nnc(-c6ccccc6O)cc5n4C4CC4)C3)no2)C(C)C)cc1. The minimum atomic E-state index is -0.817. The smallest absolute Gasteiger partial charge is 0.243 e. The first kappa shape index (κ1) is 38.9. The number of rotatable bonds is 11. The molecule has 0 spiro atoms. The Labute approximate surface area is 347 Å². The van der Waals surface area contributed by atoms with Crippen molar-refractivity contribution in [3.05, 3.63) is 95.0 Å². The molecule has 2 amide bonds. The number of carbonyl (C=O) groups excluding carboxylic acids is 2. The molecule has 2 aromatic carbocycles. The van der Waals surface area contributed by atoms with Crippen LogP contribution in [-0.4, -0.2) is 83.6 Å². The second kappa shape index (κ2) is 15.9. The van der Waals surface area contributed by atoms with Crippen LogP contribution in [0.5, 0.6) is 5.75 Å². The number of para-hydroxylation sites is 1. The zero-order valence-corrected chi connectivity index (χ0v) is 34.6. The number of amides is 2. The summed E-state index contributed by atoms with van der Waals surface area (Å²) in [7, 11) is 0. The second-order valence-corrected chi connectivity index (χ2v) is 17.7. The Morgan fingerprint density at radius 2 is 1.78 bits per heavy atom. The zero-order valence-electron chi connectivity index (χ0n) is 33.8. The summed E-state index contributed by atoms with van der Waals surface area (Å²) >= 11 is 1.60. The van der Waals surface area contributed by atoms with Gasteiger partial charge in [-0.1, -0.05) is 55.4 Å². The predicted octanol–water partition coefficient (Wildman–Crippen LogP) is 7.52. The number of phenolic OH excluding ortho intramolecular Hbond substituents is 1. The molecule has 3 aliphatic rings. The monoisotopic (exact) mass is 814 g/mol. The summed E-state index contributed by atoms with van der Waals surface area (Å²) in [6.45, 7) is 9.44. The van der Waals surface area contributed by atoms with Crippen molar-refractivity contribution in [3.63, 3.8) is 0 Å². The lowest BCUT2D eigenvalue weighted by atomic mass is 9.91. The molecule has 0 bridgehead atoms. The Balaban J connectivity index is 0.904. The molecule has 1 saturated carbocycles. The lowest BCUT2D eigenvalue weighted by molar-refractivity contribution is -0.141. The lowest BCUT2D eigenvalue weighted by Gasteiger charge is -2.33. The Bertz CT molecular complexity index is 2490. The van der Waals surface area contributed by atoms with Gasteiger partial charge in [0.25, 0.3) is 0 Å². The first-order valence-electron chi connectivity index (χ1n) is 20.7. The number of phenols is 1. The van der Waals surface area contributed by atoms with E-state index in [-0.39, 0.29) is 48.4 Å². The fraction of sp³-hybridized carbons (Fsp3) is 0.422. The van der Waals surface area contributed by atoms with Gasteiger partial charge in [-0.25, -0.2) is 4.98 Å². The number of aliphatic hydroxyl groups is 1. The van der Waals surface area contributed by atoms with E-state index in [0.29, 0.717) is 28.9 Å². The van der Waals surface area contributed by atoms with Crippen molar-refractivity contribution in [2.24, 2.45) is 5.92 Å². The fourth-order valence-electron chi connectivity index (χ4n) is 9.03. The summed E-state index contributed by atoms with van der Waals surface area (Å²) in [5.41, 5.74) is 9.24. The highest BCUT2D eigenvalue weighted by Gasteiger charge is 2.44. The Kier molecular flexibility index (Phi) is 10.5. The molecule has 6 heterocycles. The lowest BCUT2D eigenvalue weighted by Crippen LogP contribution is -2.48. The van der Waals surface area contributed by atoms with Crippen LogP contribution in [0.2, 0.25) is 0 Å². The Hall–Kier alpha value is -5.60. The standard InChI is InChI=1S/C45H50N8O5S/c1-25(2)42(45(57)52-23-32(54)18-38(52)44(56)47-26(3)28-11-13-29(14-12-28)43-27(4)46-24-59-43)40-21-41(50-58-40)51-17-7-8-30(22-51)36-20-35-37(53(36)31-15-16-31)19-34(48-49-35)33-9-5-6-10-39(33)55/h5-6,9-14,19-21,24-26,30-32,38,42,54-55H,7-8,15-18,22-23H2,1-4H3,(H,47,56)/t26-,30+,32+,38-,42+/m0/s1. The average molecular weight is 815 g/mol. The number of anilines is 1. The molecule has 2 aliphatic heterocycles. The number of thiazole rings is 1. The Morgan fingerprint density at radius 3 is 2.51 bits per heavy atom. The van der Waals surface area contributed by atoms with Crippen molar-refractivity contribution in [2.45, 2.75) is 95.9 Å². The maximum absolute atomic E-state index is 14.4. The summed E-state index contributed by atoms with van der Waals surface area (Å²) in [5.74, 6) is 0.120. The van der Waals surface area contributed by atoms with Crippen molar-refractivity contribution < 1.29 is 24.3 Å². The molecular formula is C45H50N8O5S. The Morgan fingerprint density at radius 1 is 0.983 bits per heavy atom. The van der Waals surface area contributed by atoms with Gasteiger partial charge in [0.05, 0.1) is 39.4 Å². The summed E-state index contributed by atoms with van der Waals surface area (Å²) in [6.07, 6.45) is 3.53. The van der Waals surface area contributed by atoms with E-state index in [1.807, 2.05) is 81.7 Å². The van der Waals surface area contributed by atoms with Gasteiger partial charge in [-0.2, -0.15) is 0 Å². The van der Waals surface area contributed by atoms with Crippen molar-refractivity contribution in [3.8, 4) is 27.4 Å². The minimum absolute atomic E-state index is 0.0690. The number of hydrogen-bond acceptors (Lipinski definition) is 11. The molecule has 1 aliphatic carbocycles. The summed E-state index contributed by atoms with van der Waals surface area (Å²) in [6, 6.07) is 20.7. The number of nitrogens with zero attached hydrogens (tertiary/aromatic N) is 7. The third kappa shape index (κ3) is 7.59. The number of piperidine rings is 1. The van der Waals surface area contributed by atoms with E-state index in [9.17, 15) is 19.8 Å². The molecule has 6 aromatic rings. The number of hydrogen-bond donors (Lipinski definition) is 3. The third-order valence-electron chi connectivity index (χ3n) is 12.3. The predicted molar refractivity (Wildman–Crippen MR) is 226 cm³/mol. The molecule has 59 heavy (non-hydrogen) atoms. The number of aromatic hydroxyl groups is 1. The van der Waals surface area contributed by atoms with Crippen LogP contribution in [-0.2, 0) is 9.59 Å². The molecule has 306 valence electrons. The molecular weight excluding hydrogens is 765 g/mol. The normalized spacial score (nSPS) is 20.7. The van der Waals surface area contributed by atoms with Crippen LogP contribution in [0.4, 0.5) is 5.82 Å². The van der Waals surface area contributed by atoms with Gasteiger partial charge in [-0.3, -0.25) is 9.59 Å². The van der Waals surface area contributed by atoms with Crippen LogP contribution < -0.4 is 10.2 Å². The van der Waals surface area contributed by atoms with E-state index < -0.39 is 18.1 Å². The molecule has 14 heteroatoms. The second-order valence-electron chi connectivity index (χ2n) is 16.8. The number of nitrogens with one attached hydrogen (secondary N) is 1. The number of aromatic nitrogens is 5. The summed E-state index contributed by atoms with van der Waals surface area (Å²) in [5, 5.41) is 38.0. The van der Waals surface area contributed by atoms with Crippen molar-refractivity contribution in [1.29, 1.82) is 0 Å². The molecule has 3 N–H and O–H groups in total. The van der Waals surface area contributed by atoms with Gasteiger partial charge in [0.15, 0.2) is 11.6 Å². The van der Waals surface area contributed by atoms with Crippen molar-refractivity contribution in [1.82, 2.24) is 35.1 Å². The van der Waals surface area contributed by atoms with E-state index in [2.05, 4.69) is 41.2 Å². The number of β-amino-alcohol motifs (C(OH)–C–C–N with tert-alkyl or cyclic N) is 1. The van der Waals surface area contributed by atoms with E-state index >= 15 is 0 Å². The van der Waals surface area contributed by atoms with E-state index in [0.717, 1.165) is 71.5 Å². The molecule has 3 fully saturated rings. The van der Waals surface area contributed by atoms with Gasteiger partial charge in [-0.15, -0.1) is 21.5 Å². The van der Waals surface area contributed by atoms with E-state index in [1.165, 1.54) is 10.6 Å². The largest absolute Gasteiger partial charge is 0.507 e. The third-order valence-corrected chi connectivity index (χ3v) is 13.3.